The average molecular weight is 205 g/mol. The lowest BCUT2D eigenvalue weighted by Crippen LogP contribution is -2.09. The second-order valence-corrected chi connectivity index (χ2v) is 2.55. The van der Waals surface area contributed by atoms with Crippen LogP contribution >= 0.6 is 0 Å². The van der Waals surface area contributed by atoms with Crippen LogP contribution in [0.4, 0.5) is 8.78 Å². The molecule has 0 aliphatic heterocycles. The van der Waals surface area contributed by atoms with Crippen molar-refractivity contribution in [2.45, 2.75) is 6.54 Å². The first-order valence-corrected chi connectivity index (χ1v) is 3.72. The Morgan fingerprint density at radius 2 is 2.14 bits per heavy atom. The minimum Gasteiger partial charge on any atom is -0.503 e. The topological polar surface area (TPSA) is 61.7 Å². The number of benzene rings is 1. The molecule has 0 heterocycles. The van der Waals surface area contributed by atoms with Gasteiger partial charge in [-0.05, 0) is 6.07 Å². The Labute approximate surface area is 78.7 Å². The van der Waals surface area contributed by atoms with Gasteiger partial charge in [0, 0.05) is 12.1 Å². The molecular weight excluding hydrogens is 196 g/mol. The zero-order valence-electron chi connectivity index (χ0n) is 7.34. The van der Waals surface area contributed by atoms with E-state index in [9.17, 15) is 8.78 Å². The molecule has 0 aromatic heterocycles. The smallest absolute Gasteiger partial charge is 0.209 e. The molecule has 78 valence electrons. The van der Waals surface area contributed by atoms with Crippen molar-refractivity contribution in [3.63, 3.8) is 0 Å². The van der Waals surface area contributed by atoms with Crippen LogP contribution in [0.25, 0.3) is 0 Å². The molecule has 0 atom stereocenters. The third kappa shape index (κ3) is 1.75. The van der Waals surface area contributed by atoms with Gasteiger partial charge in [0.05, 0.1) is 7.11 Å². The summed E-state index contributed by atoms with van der Waals surface area (Å²) in [6.45, 7) is -0.183. The van der Waals surface area contributed by atoms with Crippen molar-refractivity contribution in [2.75, 3.05) is 7.11 Å². The molecule has 0 aliphatic carbocycles. The molecule has 0 radical (unpaired) electrons. The monoisotopic (exact) mass is 205 g/mol. The fraction of sp³-hybridized carbons (Fsp3) is 0.250. The van der Waals surface area contributed by atoms with Gasteiger partial charge in [0.1, 0.15) is 0 Å². The number of methoxy groups -OCH3 is 1. The van der Waals surface area contributed by atoms with E-state index < -0.39 is 17.4 Å². The number of hydroxylamine groups is 1. The second-order valence-electron chi connectivity index (χ2n) is 2.55. The van der Waals surface area contributed by atoms with Crippen LogP contribution in [0.3, 0.4) is 0 Å². The Morgan fingerprint density at radius 1 is 1.50 bits per heavy atom. The van der Waals surface area contributed by atoms with Gasteiger partial charge in [0.2, 0.25) is 5.82 Å². The molecule has 0 aliphatic rings. The number of rotatable bonds is 3. The number of hydrogen-bond acceptors (Lipinski definition) is 4. The second kappa shape index (κ2) is 4.21. The van der Waals surface area contributed by atoms with Gasteiger partial charge < -0.3 is 15.1 Å². The lowest BCUT2D eigenvalue weighted by molar-refractivity contribution is 0.159. The van der Waals surface area contributed by atoms with Gasteiger partial charge in [-0.2, -0.15) is 4.39 Å². The zero-order valence-corrected chi connectivity index (χ0v) is 7.34. The molecule has 6 heteroatoms. The summed E-state index contributed by atoms with van der Waals surface area (Å²) in [6, 6.07) is 0.875. The molecule has 0 spiro atoms. The average Bonchev–Trinajstić information content (AvgIpc) is 2.16. The number of hydrogen-bond donors (Lipinski definition) is 3. The van der Waals surface area contributed by atoms with Crippen LogP contribution in [0.5, 0.6) is 11.5 Å². The van der Waals surface area contributed by atoms with Gasteiger partial charge >= 0.3 is 0 Å². The molecule has 0 saturated carbocycles. The van der Waals surface area contributed by atoms with Crippen molar-refractivity contribution < 1.29 is 23.8 Å². The minimum atomic E-state index is -1.18. The Morgan fingerprint density at radius 3 is 2.64 bits per heavy atom. The van der Waals surface area contributed by atoms with E-state index >= 15 is 0 Å². The lowest BCUT2D eigenvalue weighted by Gasteiger charge is -2.10. The van der Waals surface area contributed by atoms with Crippen molar-refractivity contribution in [1.29, 1.82) is 0 Å². The Bertz CT molecular complexity index is 344. The maximum Gasteiger partial charge on any atom is 0.209 e. The van der Waals surface area contributed by atoms with Crippen LogP contribution in [0.1, 0.15) is 5.56 Å². The van der Waals surface area contributed by atoms with E-state index in [4.69, 9.17) is 10.3 Å². The van der Waals surface area contributed by atoms with Crippen LogP contribution in [0.2, 0.25) is 0 Å². The van der Waals surface area contributed by atoms with E-state index in [-0.39, 0.29) is 17.9 Å². The summed E-state index contributed by atoms with van der Waals surface area (Å²) in [4.78, 5) is 0. The van der Waals surface area contributed by atoms with E-state index in [0.29, 0.717) is 0 Å². The molecule has 0 saturated heterocycles. The maximum absolute atomic E-state index is 13.1. The van der Waals surface area contributed by atoms with Gasteiger partial charge in [0.25, 0.3) is 0 Å². The van der Waals surface area contributed by atoms with Crippen LogP contribution in [-0.4, -0.2) is 17.4 Å². The summed E-state index contributed by atoms with van der Waals surface area (Å²) in [5.41, 5.74) is 1.81. The minimum absolute atomic E-state index is 0.0720. The summed E-state index contributed by atoms with van der Waals surface area (Å²) in [7, 11) is 1.18. The van der Waals surface area contributed by atoms with Crippen molar-refractivity contribution in [1.82, 2.24) is 5.48 Å². The molecule has 0 bridgehead atoms. The maximum atomic E-state index is 13.1. The molecule has 1 rings (SSSR count). The third-order valence-corrected chi connectivity index (χ3v) is 1.70. The molecule has 1 aromatic carbocycles. The van der Waals surface area contributed by atoms with Gasteiger partial charge in [-0.25, -0.2) is 9.87 Å². The van der Waals surface area contributed by atoms with Crippen LogP contribution in [0.15, 0.2) is 6.07 Å². The van der Waals surface area contributed by atoms with Crippen LogP contribution < -0.4 is 10.2 Å². The normalized spacial score (nSPS) is 10.3. The van der Waals surface area contributed by atoms with Crippen molar-refractivity contribution in [3.8, 4) is 11.5 Å². The number of ether oxygens (including phenoxy) is 1. The highest BCUT2D eigenvalue weighted by atomic mass is 19.1. The van der Waals surface area contributed by atoms with Crippen LogP contribution in [-0.2, 0) is 6.54 Å². The molecule has 0 unspecified atom stereocenters. The van der Waals surface area contributed by atoms with E-state index in [2.05, 4.69) is 4.74 Å². The number of phenolic OH excluding ortho intramolecular Hbond substituents is 1. The highest BCUT2D eigenvalue weighted by molar-refractivity contribution is 5.43. The fourth-order valence-corrected chi connectivity index (χ4v) is 1.08. The first-order valence-electron chi connectivity index (χ1n) is 3.72. The summed E-state index contributed by atoms with van der Waals surface area (Å²) in [5.74, 6) is -3.68. The number of halogens is 2. The predicted molar refractivity (Wildman–Crippen MR) is 43.2 cm³/mol. The van der Waals surface area contributed by atoms with Gasteiger partial charge in [-0.15, -0.1) is 0 Å². The Balaban J connectivity index is 3.28. The molecule has 4 nitrogen and oxygen atoms in total. The van der Waals surface area contributed by atoms with Crippen molar-refractivity contribution in [3.05, 3.63) is 23.3 Å². The summed E-state index contributed by atoms with van der Waals surface area (Å²) in [6.07, 6.45) is 0. The molecule has 3 N–H and O–H groups in total. The first-order chi connectivity index (χ1) is 6.61. The standard InChI is InChI=1S/C8H9F2NO3/c1-14-8-4(3-11-13)2-5(9)7(12)6(8)10/h2,11-13H,3H2,1H3. The number of phenols is 1. The number of nitrogens with one attached hydrogen (secondary N) is 1. The molecule has 14 heavy (non-hydrogen) atoms. The molecular formula is C8H9F2NO3. The highest BCUT2D eigenvalue weighted by Crippen LogP contribution is 2.32. The predicted octanol–water partition coefficient (Wildman–Crippen LogP) is 1.16. The quantitative estimate of drug-likeness (QED) is 0.648. The molecule has 0 amide bonds. The lowest BCUT2D eigenvalue weighted by atomic mass is 10.1. The third-order valence-electron chi connectivity index (χ3n) is 1.70. The summed E-state index contributed by atoms with van der Waals surface area (Å²) >= 11 is 0. The summed E-state index contributed by atoms with van der Waals surface area (Å²) < 4.78 is 30.6. The number of aromatic hydroxyl groups is 1. The Kier molecular flexibility index (Phi) is 3.21. The van der Waals surface area contributed by atoms with E-state index in [1.54, 1.807) is 5.48 Å². The van der Waals surface area contributed by atoms with Crippen molar-refractivity contribution in [2.24, 2.45) is 0 Å². The van der Waals surface area contributed by atoms with E-state index in [1.165, 1.54) is 7.11 Å². The van der Waals surface area contributed by atoms with Gasteiger partial charge in [0.15, 0.2) is 17.3 Å². The summed E-state index contributed by atoms with van der Waals surface area (Å²) in [5, 5.41) is 17.3. The van der Waals surface area contributed by atoms with E-state index in [0.717, 1.165) is 6.07 Å². The largest absolute Gasteiger partial charge is 0.503 e. The molecule has 0 fully saturated rings. The van der Waals surface area contributed by atoms with Gasteiger partial charge in [-0.1, -0.05) is 0 Å². The highest BCUT2D eigenvalue weighted by Gasteiger charge is 2.18. The first kappa shape index (κ1) is 10.7. The Hall–Kier alpha value is -1.40. The fourth-order valence-electron chi connectivity index (χ4n) is 1.08. The zero-order chi connectivity index (χ0) is 10.7. The van der Waals surface area contributed by atoms with E-state index in [1.807, 2.05) is 0 Å². The van der Waals surface area contributed by atoms with Gasteiger partial charge in [-0.3, -0.25) is 0 Å². The van der Waals surface area contributed by atoms with Crippen LogP contribution in [0, 0.1) is 11.6 Å². The molecule has 1 aromatic rings. The SMILES string of the molecule is COc1c(CNO)cc(F)c(O)c1F. The van der Waals surface area contributed by atoms with Crippen molar-refractivity contribution >= 4 is 0 Å².